The van der Waals surface area contributed by atoms with E-state index in [-0.39, 0.29) is 0 Å². The third kappa shape index (κ3) is 3.33. The highest BCUT2D eigenvalue weighted by atomic mass is 35.5. The van der Waals surface area contributed by atoms with Gasteiger partial charge in [0.25, 0.3) is 0 Å². The van der Waals surface area contributed by atoms with Crippen LogP contribution >= 0.6 is 34.5 Å². The van der Waals surface area contributed by atoms with Crippen LogP contribution in [0.15, 0.2) is 41.1 Å². The van der Waals surface area contributed by atoms with Crippen molar-refractivity contribution < 1.29 is 9.26 Å². The predicted octanol–water partition coefficient (Wildman–Crippen LogP) is 5.27. The molecule has 0 saturated heterocycles. The normalized spacial score (nSPS) is 11.0. The number of fused-ring (bicyclic) bond motifs is 1. The van der Waals surface area contributed by atoms with Crippen molar-refractivity contribution in [2.24, 2.45) is 0 Å². The fraction of sp³-hybridized carbons (Fsp3) is 0.118. The van der Waals surface area contributed by atoms with Crippen LogP contribution in [0.25, 0.3) is 21.8 Å². The summed E-state index contributed by atoms with van der Waals surface area (Å²) in [4.78, 5) is 9.83. The fourth-order valence-electron chi connectivity index (χ4n) is 2.47. The molecule has 4 aromatic rings. The van der Waals surface area contributed by atoms with Crippen LogP contribution in [0.4, 0.5) is 5.82 Å². The number of ether oxygens (including phenoxy) is 1. The third-order valence-corrected chi connectivity index (χ3v) is 5.15. The lowest BCUT2D eigenvalue weighted by Crippen LogP contribution is -2.03. The minimum absolute atomic E-state index is 0.448. The summed E-state index contributed by atoms with van der Waals surface area (Å²) in [7, 11) is 1.59. The summed E-state index contributed by atoms with van der Waals surface area (Å²) in [5, 5.41) is 8.43. The van der Waals surface area contributed by atoms with Gasteiger partial charge in [-0.2, -0.15) is 0 Å². The van der Waals surface area contributed by atoms with E-state index in [1.165, 1.54) is 11.3 Å². The summed E-state index contributed by atoms with van der Waals surface area (Å²) in [6.07, 6.45) is 1.55. The van der Waals surface area contributed by atoms with Gasteiger partial charge in [-0.05, 0) is 23.8 Å². The third-order valence-electron chi connectivity index (χ3n) is 3.70. The number of halogens is 2. The second-order valence-electron chi connectivity index (χ2n) is 5.36. The molecule has 0 amide bonds. The Kier molecular flexibility index (Phi) is 4.67. The molecule has 3 heterocycles. The fourth-order valence-corrected chi connectivity index (χ4v) is 3.84. The van der Waals surface area contributed by atoms with Crippen LogP contribution in [0.1, 0.15) is 5.56 Å². The van der Waals surface area contributed by atoms with Gasteiger partial charge in [-0.3, -0.25) is 0 Å². The van der Waals surface area contributed by atoms with Crippen LogP contribution in [0.3, 0.4) is 0 Å². The van der Waals surface area contributed by atoms with Crippen LogP contribution < -0.4 is 10.1 Å². The molecule has 132 valence electrons. The Morgan fingerprint density at radius 1 is 1.19 bits per heavy atom. The summed E-state index contributed by atoms with van der Waals surface area (Å²) < 4.78 is 11.0. The second kappa shape index (κ2) is 7.11. The molecule has 0 aliphatic carbocycles. The molecule has 3 aromatic heterocycles. The highest BCUT2D eigenvalue weighted by Gasteiger charge is 2.14. The summed E-state index contributed by atoms with van der Waals surface area (Å²) >= 11 is 13.7. The number of hydrogen-bond acceptors (Lipinski definition) is 7. The number of benzene rings is 1. The van der Waals surface area contributed by atoms with Gasteiger partial charge < -0.3 is 14.6 Å². The molecule has 0 aliphatic rings. The van der Waals surface area contributed by atoms with Crippen LogP contribution in [0.5, 0.6) is 5.75 Å². The van der Waals surface area contributed by atoms with E-state index in [9.17, 15) is 0 Å². The summed E-state index contributed by atoms with van der Waals surface area (Å²) in [6.45, 7) is 0.527. The van der Waals surface area contributed by atoms with E-state index in [0.717, 1.165) is 15.8 Å². The van der Waals surface area contributed by atoms with Crippen molar-refractivity contribution in [3.05, 3.63) is 51.5 Å². The van der Waals surface area contributed by atoms with Crippen molar-refractivity contribution >= 4 is 50.6 Å². The number of anilines is 1. The van der Waals surface area contributed by atoms with Gasteiger partial charge in [0.15, 0.2) is 0 Å². The van der Waals surface area contributed by atoms with Crippen LogP contribution in [0.2, 0.25) is 9.36 Å². The molecule has 0 saturated carbocycles. The quantitative estimate of drug-likeness (QED) is 0.486. The Hall–Kier alpha value is -2.35. The smallest absolute Gasteiger partial charge is 0.204 e. The molecule has 1 N–H and O–H groups in total. The zero-order valence-electron chi connectivity index (χ0n) is 13.5. The van der Waals surface area contributed by atoms with Gasteiger partial charge in [0.2, 0.25) is 11.6 Å². The molecule has 0 aliphatic heterocycles. The van der Waals surface area contributed by atoms with E-state index in [1.54, 1.807) is 19.4 Å². The predicted molar refractivity (Wildman–Crippen MR) is 103 cm³/mol. The van der Waals surface area contributed by atoms with Gasteiger partial charge in [0.05, 0.1) is 28.1 Å². The minimum atomic E-state index is 0.448. The Morgan fingerprint density at radius 2 is 2.08 bits per heavy atom. The average Bonchev–Trinajstić information content (AvgIpc) is 3.28. The molecule has 26 heavy (non-hydrogen) atoms. The summed E-state index contributed by atoms with van der Waals surface area (Å²) in [5.74, 6) is 2.24. The first-order valence-corrected chi connectivity index (χ1v) is 9.15. The maximum Gasteiger partial charge on any atom is 0.204 e. The van der Waals surface area contributed by atoms with Crippen molar-refractivity contribution in [3.8, 4) is 17.3 Å². The zero-order valence-corrected chi connectivity index (χ0v) is 15.8. The molecule has 0 atom stereocenters. The standard InChI is InChI=1S/C17H12Cl2N4O2S/c1-24-12-3-2-9(6-11(12)18)8-20-15-10-7-14(19)26-17(10)23-16(22-15)13-4-5-21-25-13/h2-7H,8H2,1H3,(H,20,22,23). The number of hydrogen-bond donors (Lipinski definition) is 1. The highest BCUT2D eigenvalue weighted by molar-refractivity contribution is 7.22. The van der Waals surface area contributed by atoms with Crippen molar-refractivity contribution in [1.29, 1.82) is 0 Å². The van der Waals surface area contributed by atoms with E-state index in [2.05, 4.69) is 20.4 Å². The lowest BCUT2D eigenvalue weighted by molar-refractivity contribution is 0.415. The molecule has 4 rings (SSSR count). The van der Waals surface area contributed by atoms with Crippen molar-refractivity contribution in [2.45, 2.75) is 6.54 Å². The van der Waals surface area contributed by atoms with E-state index in [0.29, 0.717) is 39.1 Å². The molecule has 1 aromatic carbocycles. The number of aromatic nitrogens is 3. The first-order valence-electron chi connectivity index (χ1n) is 7.58. The van der Waals surface area contributed by atoms with Crippen LogP contribution in [-0.4, -0.2) is 22.2 Å². The molecule has 0 radical (unpaired) electrons. The number of thiophene rings is 1. The lowest BCUT2D eigenvalue weighted by atomic mass is 10.2. The van der Waals surface area contributed by atoms with E-state index < -0.39 is 0 Å². The molecule has 9 heteroatoms. The highest BCUT2D eigenvalue weighted by Crippen LogP contribution is 2.34. The topological polar surface area (TPSA) is 73.1 Å². The van der Waals surface area contributed by atoms with Gasteiger partial charge in [0.1, 0.15) is 16.4 Å². The number of nitrogens with one attached hydrogen (secondary N) is 1. The van der Waals surface area contributed by atoms with Gasteiger partial charge in [-0.1, -0.05) is 34.4 Å². The van der Waals surface area contributed by atoms with E-state index in [1.807, 2.05) is 24.3 Å². The maximum atomic E-state index is 6.19. The van der Waals surface area contributed by atoms with E-state index in [4.69, 9.17) is 32.5 Å². The second-order valence-corrected chi connectivity index (χ2v) is 7.43. The lowest BCUT2D eigenvalue weighted by Gasteiger charge is -2.09. The Bertz CT molecular complexity index is 1070. The number of nitrogens with zero attached hydrogens (tertiary/aromatic N) is 3. The van der Waals surface area contributed by atoms with Gasteiger partial charge in [-0.15, -0.1) is 11.3 Å². The van der Waals surface area contributed by atoms with Crippen LogP contribution in [0, 0.1) is 0 Å². The molecule has 0 unspecified atom stereocenters. The first-order chi connectivity index (χ1) is 12.6. The molecule has 0 spiro atoms. The van der Waals surface area contributed by atoms with Crippen molar-refractivity contribution in [1.82, 2.24) is 15.1 Å². The molecular formula is C17H12Cl2N4O2S. The first kappa shape index (κ1) is 17.1. The maximum absolute atomic E-state index is 6.19. The molecule has 0 fully saturated rings. The molecular weight excluding hydrogens is 395 g/mol. The minimum Gasteiger partial charge on any atom is -0.495 e. The SMILES string of the molecule is COc1ccc(CNc2nc(-c3ccno3)nc3sc(Cl)cc23)cc1Cl. The summed E-state index contributed by atoms with van der Waals surface area (Å²) in [5.41, 5.74) is 0.991. The average molecular weight is 407 g/mol. The van der Waals surface area contributed by atoms with Gasteiger partial charge in [-0.25, -0.2) is 9.97 Å². The van der Waals surface area contributed by atoms with Crippen molar-refractivity contribution in [3.63, 3.8) is 0 Å². The zero-order chi connectivity index (χ0) is 18.1. The molecule has 6 nitrogen and oxygen atoms in total. The largest absolute Gasteiger partial charge is 0.495 e. The number of methoxy groups -OCH3 is 1. The molecule has 0 bridgehead atoms. The monoisotopic (exact) mass is 406 g/mol. The van der Waals surface area contributed by atoms with Gasteiger partial charge >= 0.3 is 0 Å². The summed E-state index contributed by atoms with van der Waals surface area (Å²) in [6, 6.07) is 9.17. The number of rotatable bonds is 5. The Morgan fingerprint density at radius 3 is 2.81 bits per heavy atom. The Labute approximate surface area is 162 Å². The van der Waals surface area contributed by atoms with Crippen molar-refractivity contribution in [2.75, 3.05) is 12.4 Å². The van der Waals surface area contributed by atoms with Crippen LogP contribution in [-0.2, 0) is 6.54 Å². The Balaban J connectivity index is 1.67. The van der Waals surface area contributed by atoms with E-state index >= 15 is 0 Å². The van der Waals surface area contributed by atoms with Gasteiger partial charge in [0, 0.05) is 12.6 Å².